The molecule has 1 amide bonds. The van der Waals surface area contributed by atoms with Gasteiger partial charge in [-0.1, -0.05) is 24.6 Å². The van der Waals surface area contributed by atoms with E-state index in [0.29, 0.717) is 50.2 Å². The van der Waals surface area contributed by atoms with E-state index >= 15 is 0 Å². The number of anilines is 1. The molecular weight excluding hydrogens is 448 g/mol. The van der Waals surface area contributed by atoms with Gasteiger partial charge in [0.05, 0.1) is 10.8 Å². The van der Waals surface area contributed by atoms with Gasteiger partial charge in [-0.05, 0) is 31.0 Å². The van der Waals surface area contributed by atoms with E-state index < -0.39 is 10.0 Å². The first-order chi connectivity index (χ1) is 15.5. The Kier molecular flexibility index (Phi) is 7.59. The molecule has 2 saturated heterocycles. The topological polar surface area (TPSA) is 99.6 Å². The average molecular weight is 477 g/mol. The van der Waals surface area contributed by atoms with E-state index in [1.165, 1.54) is 18.0 Å². The van der Waals surface area contributed by atoms with Crippen LogP contribution < -0.4 is 4.90 Å². The summed E-state index contributed by atoms with van der Waals surface area (Å²) < 4.78 is 27.3. The smallest absolute Gasteiger partial charge is 0.244 e. The molecule has 4 heterocycles. The van der Waals surface area contributed by atoms with Gasteiger partial charge in [0.15, 0.2) is 0 Å². The van der Waals surface area contributed by atoms with Crippen LogP contribution in [0.1, 0.15) is 25.7 Å². The first-order valence-electron chi connectivity index (χ1n) is 10.9. The van der Waals surface area contributed by atoms with Gasteiger partial charge in [0.2, 0.25) is 21.9 Å². The maximum Gasteiger partial charge on any atom is 0.244 e. The summed E-state index contributed by atoms with van der Waals surface area (Å²) >= 11 is 1.33. The zero-order valence-corrected chi connectivity index (χ0v) is 19.6. The minimum atomic E-state index is -3.51. The fraction of sp³-hybridized carbons (Fsp3) is 0.524. The van der Waals surface area contributed by atoms with Crippen LogP contribution in [0.3, 0.4) is 0 Å². The second-order valence-corrected chi connectivity index (χ2v) is 10.8. The van der Waals surface area contributed by atoms with Crippen molar-refractivity contribution in [2.24, 2.45) is 0 Å². The highest BCUT2D eigenvalue weighted by molar-refractivity contribution is 7.99. The maximum absolute atomic E-state index is 12.9. The van der Waals surface area contributed by atoms with Crippen molar-refractivity contribution >= 4 is 33.6 Å². The third-order valence-corrected chi connectivity index (χ3v) is 8.53. The van der Waals surface area contributed by atoms with E-state index in [2.05, 4.69) is 19.9 Å². The van der Waals surface area contributed by atoms with Gasteiger partial charge in [0.1, 0.15) is 4.90 Å². The van der Waals surface area contributed by atoms with Crippen molar-refractivity contribution in [1.82, 2.24) is 24.2 Å². The highest BCUT2D eigenvalue weighted by Gasteiger charge is 2.26. The molecule has 4 rings (SSSR count). The maximum atomic E-state index is 12.9. The number of hydrogen-bond donors (Lipinski definition) is 0. The van der Waals surface area contributed by atoms with Gasteiger partial charge in [-0.3, -0.25) is 4.79 Å². The molecule has 32 heavy (non-hydrogen) atoms. The third kappa shape index (κ3) is 5.57. The van der Waals surface area contributed by atoms with Crippen LogP contribution in [0.2, 0.25) is 0 Å². The predicted octanol–water partition coefficient (Wildman–Crippen LogP) is 1.88. The van der Waals surface area contributed by atoms with Crippen molar-refractivity contribution < 1.29 is 13.2 Å². The lowest BCUT2D eigenvalue weighted by Gasteiger charge is -2.34. The van der Waals surface area contributed by atoms with Crippen molar-refractivity contribution in [2.45, 2.75) is 35.6 Å². The Morgan fingerprint density at radius 3 is 2.22 bits per heavy atom. The fourth-order valence-corrected chi connectivity index (χ4v) is 6.08. The molecule has 0 aromatic carbocycles. The van der Waals surface area contributed by atoms with Crippen molar-refractivity contribution in [3.05, 3.63) is 36.8 Å². The van der Waals surface area contributed by atoms with E-state index in [1.807, 2.05) is 4.90 Å². The molecule has 0 spiro atoms. The summed E-state index contributed by atoms with van der Waals surface area (Å²) in [6.45, 7) is 3.77. The summed E-state index contributed by atoms with van der Waals surface area (Å²) in [4.78, 5) is 29.5. The highest BCUT2D eigenvalue weighted by Crippen LogP contribution is 2.22. The second-order valence-electron chi connectivity index (χ2n) is 7.86. The second kappa shape index (κ2) is 10.6. The standard InChI is InChI=1S/C21H28N6O3S2/c28-20(25-12-14-26(15-13-25)21-22-8-5-9-23-21)17-31-19-7-6-18(16-24-19)32(29,30)27-10-3-1-2-4-11-27/h5-9,16H,1-4,10-15,17H2. The van der Waals surface area contributed by atoms with E-state index in [1.54, 1.807) is 34.9 Å². The number of amides is 1. The van der Waals surface area contributed by atoms with Crippen molar-refractivity contribution in [1.29, 1.82) is 0 Å². The third-order valence-electron chi connectivity index (χ3n) is 5.72. The van der Waals surface area contributed by atoms with E-state index in [4.69, 9.17) is 0 Å². The zero-order chi connectivity index (χ0) is 22.4. The van der Waals surface area contributed by atoms with Gasteiger partial charge in [0, 0.05) is 57.9 Å². The SMILES string of the molecule is O=C(CSc1ccc(S(=O)(=O)N2CCCCCC2)cn1)N1CCN(c2ncccn2)CC1. The Bertz CT molecular complexity index is 988. The summed E-state index contributed by atoms with van der Waals surface area (Å²) in [6.07, 6.45) is 8.78. The summed E-state index contributed by atoms with van der Waals surface area (Å²) in [6, 6.07) is 5.07. The van der Waals surface area contributed by atoms with Gasteiger partial charge in [-0.25, -0.2) is 23.4 Å². The Labute approximate surface area is 193 Å². The van der Waals surface area contributed by atoms with Crippen molar-refractivity contribution in [3.63, 3.8) is 0 Å². The number of aromatic nitrogens is 3. The van der Waals surface area contributed by atoms with Crippen molar-refractivity contribution in [3.8, 4) is 0 Å². The Hall–Kier alpha value is -2.24. The lowest BCUT2D eigenvalue weighted by atomic mass is 10.2. The summed E-state index contributed by atoms with van der Waals surface area (Å²) in [5.74, 6) is 1.01. The van der Waals surface area contributed by atoms with E-state index in [9.17, 15) is 13.2 Å². The molecule has 0 unspecified atom stereocenters. The molecule has 0 aliphatic carbocycles. The van der Waals surface area contributed by atoms with Crippen molar-refractivity contribution in [2.75, 3.05) is 49.9 Å². The molecule has 172 valence electrons. The Morgan fingerprint density at radius 2 is 1.59 bits per heavy atom. The largest absolute Gasteiger partial charge is 0.338 e. The number of nitrogens with zero attached hydrogens (tertiary/aromatic N) is 6. The quantitative estimate of drug-likeness (QED) is 0.583. The van der Waals surface area contributed by atoms with Gasteiger partial charge < -0.3 is 9.80 Å². The van der Waals surface area contributed by atoms with Crippen LogP contribution in [0.15, 0.2) is 46.7 Å². The fourth-order valence-electron chi connectivity index (χ4n) is 3.87. The molecular formula is C21H28N6O3S2. The molecule has 0 atom stereocenters. The molecule has 2 aromatic rings. The minimum absolute atomic E-state index is 0.0479. The van der Waals surface area contributed by atoms with Crippen LogP contribution in [-0.4, -0.2) is 83.5 Å². The average Bonchev–Trinajstić information content (AvgIpc) is 3.14. The van der Waals surface area contributed by atoms with Gasteiger partial charge in [0.25, 0.3) is 0 Å². The zero-order valence-electron chi connectivity index (χ0n) is 18.0. The summed E-state index contributed by atoms with van der Waals surface area (Å²) in [5.41, 5.74) is 0. The summed E-state index contributed by atoms with van der Waals surface area (Å²) in [7, 11) is -3.51. The number of carbonyl (C=O) groups is 1. The number of sulfonamides is 1. The molecule has 0 bridgehead atoms. The monoisotopic (exact) mass is 476 g/mol. The molecule has 2 fully saturated rings. The molecule has 2 aromatic heterocycles. The van der Waals surface area contributed by atoms with Crippen LogP contribution in [0.5, 0.6) is 0 Å². The molecule has 0 N–H and O–H groups in total. The first kappa shape index (κ1) is 22.9. The minimum Gasteiger partial charge on any atom is -0.338 e. The van der Waals surface area contributed by atoms with E-state index in [0.717, 1.165) is 25.7 Å². The number of piperazine rings is 1. The molecule has 0 radical (unpaired) electrons. The molecule has 0 saturated carbocycles. The molecule has 2 aliphatic rings. The van der Waals surface area contributed by atoms with Crippen LogP contribution in [0.25, 0.3) is 0 Å². The molecule has 11 heteroatoms. The van der Waals surface area contributed by atoms with Gasteiger partial charge >= 0.3 is 0 Å². The number of thioether (sulfide) groups is 1. The van der Waals surface area contributed by atoms with Crippen LogP contribution in [0, 0.1) is 0 Å². The van der Waals surface area contributed by atoms with Crippen LogP contribution in [-0.2, 0) is 14.8 Å². The van der Waals surface area contributed by atoms with Gasteiger partial charge in [-0.2, -0.15) is 4.31 Å². The van der Waals surface area contributed by atoms with Crippen LogP contribution in [0.4, 0.5) is 5.95 Å². The van der Waals surface area contributed by atoms with Crippen LogP contribution >= 0.6 is 11.8 Å². The normalized spacial score (nSPS) is 18.4. The van der Waals surface area contributed by atoms with Gasteiger partial charge in [-0.15, -0.1) is 0 Å². The first-order valence-corrected chi connectivity index (χ1v) is 13.4. The molecule has 2 aliphatic heterocycles. The number of carbonyl (C=O) groups excluding carboxylic acids is 1. The number of hydrogen-bond acceptors (Lipinski definition) is 8. The van der Waals surface area contributed by atoms with E-state index in [-0.39, 0.29) is 16.6 Å². The number of pyridine rings is 1. The Balaban J connectivity index is 1.27. The predicted molar refractivity (Wildman–Crippen MR) is 123 cm³/mol. The Morgan fingerprint density at radius 1 is 0.906 bits per heavy atom. The number of rotatable bonds is 6. The lowest BCUT2D eigenvalue weighted by Crippen LogP contribution is -2.49. The molecule has 9 nitrogen and oxygen atoms in total. The summed E-state index contributed by atoms with van der Waals surface area (Å²) in [5, 5.41) is 0.643. The highest BCUT2D eigenvalue weighted by atomic mass is 32.2. The lowest BCUT2D eigenvalue weighted by molar-refractivity contribution is -0.128.